The molecule has 0 unspecified atom stereocenters. The number of phenolic OH excluding ortho intramolecular Hbond substituents is 1. The Labute approximate surface area is 112 Å². The molecule has 2 aromatic rings. The molecule has 2 aromatic carbocycles. The van der Waals surface area contributed by atoms with Crippen LogP contribution >= 0.6 is 0 Å². The fraction of sp³-hybridized carbons (Fsp3) is 0.267. The number of aromatic hydroxyl groups is 1. The first-order valence-corrected chi connectivity index (χ1v) is 6.26. The van der Waals surface area contributed by atoms with E-state index in [9.17, 15) is 9.90 Å². The predicted molar refractivity (Wildman–Crippen MR) is 76.5 cm³/mol. The van der Waals surface area contributed by atoms with Crippen LogP contribution in [0.2, 0.25) is 0 Å². The van der Waals surface area contributed by atoms with Crippen molar-refractivity contribution in [1.82, 2.24) is 10.2 Å². The normalized spacial score (nSPS) is 10.6. The summed E-state index contributed by atoms with van der Waals surface area (Å²) in [6.07, 6.45) is 0. The Kier molecular flexibility index (Phi) is 4.02. The first kappa shape index (κ1) is 13.4. The summed E-state index contributed by atoms with van der Waals surface area (Å²) >= 11 is 0. The molecule has 0 bridgehead atoms. The van der Waals surface area contributed by atoms with E-state index in [0.717, 1.165) is 11.9 Å². The zero-order chi connectivity index (χ0) is 13.8. The van der Waals surface area contributed by atoms with Gasteiger partial charge in [-0.05, 0) is 18.5 Å². The van der Waals surface area contributed by atoms with Gasteiger partial charge in [-0.2, -0.15) is 0 Å². The van der Waals surface area contributed by atoms with Crippen LogP contribution in [-0.4, -0.2) is 43.1 Å². The Balaban J connectivity index is 2.35. The van der Waals surface area contributed by atoms with Crippen LogP contribution in [0.4, 0.5) is 0 Å². The van der Waals surface area contributed by atoms with Crippen molar-refractivity contribution in [3.05, 3.63) is 42.0 Å². The molecule has 4 nitrogen and oxygen atoms in total. The van der Waals surface area contributed by atoms with Gasteiger partial charge in [-0.25, -0.2) is 0 Å². The summed E-state index contributed by atoms with van der Waals surface area (Å²) in [7, 11) is 3.57. The molecule has 2 N–H and O–H groups in total. The highest BCUT2D eigenvalue weighted by atomic mass is 16.3. The number of rotatable bonds is 4. The molecule has 0 fully saturated rings. The lowest BCUT2D eigenvalue weighted by Gasteiger charge is -2.18. The lowest BCUT2D eigenvalue weighted by molar-refractivity contribution is 0.0794. The topological polar surface area (TPSA) is 52.6 Å². The predicted octanol–water partition coefficient (Wildman–Crippen LogP) is 1.84. The summed E-state index contributed by atoms with van der Waals surface area (Å²) in [5.41, 5.74) is 0.345. The molecule has 100 valence electrons. The third-order valence-corrected chi connectivity index (χ3v) is 3.17. The van der Waals surface area contributed by atoms with Crippen LogP contribution < -0.4 is 5.32 Å². The van der Waals surface area contributed by atoms with Gasteiger partial charge in [0.25, 0.3) is 5.91 Å². The van der Waals surface area contributed by atoms with Crippen LogP contribution in [-0.2, 0) is 0 Å². The van der Waals surface area contributed by atoms with Gasteiger partial charge in [-0.3, -0.25) is 4.79 Å². The van der Waals surface area contributed by atoms with E-state index in [1.54, 1.807) is 18.0 Å². The van der Waals surface area contributed by atoms with Crippen molar-refractivity contribution in [3.63, 3.8) is 0 Å². The Morgan fingerprint density at radius 2 is 2.00 bits per heavy atom. The molecule has 4 heteroatoms. The van der Waals surface area contributed by atoms with E-state index in [0.29, 0.717) is 17.5 Å². The fourth-order valence-electron chi connectivity index (χ4n) is 2.01. The maximum Gasteiger partial charge on any atom is 0.257 e. The number of fused-ring (bicyclic) bond motifs is 1. The molecule has 2 rings (SSSR count). The van der Waals surface area contributed by atoms with Crippen LogP contribution in [0.5, 0.6) is 5.75 Å². The number of likely N-dealkylation sites (N-methyl/N-ethyl adjacent to an activating group) is 2. The van der Waals surface area contributed by atoms with Crippen molar-refractivity contribution in [2.75, 3.05) is 27.2 Å². The molecule has 0 radical (unpaired) electrons. The zero-order valence-electron chi connectivity index (χ0n) is 11.2. The van der Waals surface area contributed by atoms with Gasteiger partial charge in [0.1, 0.15) is 5.75 Å². The molecular weight excluding hydrogens is 240 g/mol. The minimum absolute atomic E-state index is 0.0550. The average Bonchev–Trinajstić information content (AvgIpc) is 2.44. The maximum absolute atomic E-state index is 12.3. The molecule has 0 saturated carbocycles. The average molecular weight is 258 g/mol. The Bertz CT molecular complexity index is 596. The van der Waals surface area contributed by atoms with Gasteiger partial charge >= 0.3 is 0 Å². The number of phenols is 1. The Morgan fingerprint density at radius 3 is 2.74 bits per heavy atom. The second-order valence-electron chi connectivity index (χ2n) is 4.51. The lowest BCUT2D eigenvalue weighted by Crippen LogP contribution is -2.32. The van der Waals surface area contributed by atoms with E-state index in [1.807, 2.05) is 37.4 Å². The summed E-state index contributed by atoms with van der Waals surface area (Å²) in [4.78, 5) is 13.9. The molecule has 0 aliphatic carbocycles. The highest BCUT2D eigenvalue weighted by molar-refractivity contribution is 6.03. The van der Waals surface area contributed by atoms with Crippen LogP contribution in [0, 0.1) is 0 Å². The van der Waals surface area contributed by atoms with Crippen molar-refractivity contribution in [3.8, 4) is 5.75 Å². The van der Waals surface area contributed by atoms with Crippen molar-refractivity contribution >= 4 is 16.7 Å². The number of amides is 1. The first-order valence-electron chi connectivity index (χ1n) is 6.26. The number of carbonyl (C=O) groups is 1. The monoisotopic (exact) mass is 258 g/mol. The molecule has 0 saturated heterocycles. The van der Waals surface area contributed by atoms with Crippen LogP contribution in [0.15, 0.2) is 36.4 Å². The van der Waals surface area contributed by atoms with Gasteiger partial charge < -0.3 is 15.3 Å². The van der Waals surface area contributed by atoms with Gasteiger partial charge in [0, 0.05) is 25.5 Å². The molecule has 1 amide bonds. The Hall–Kier alpha value is -2.07. The summed E-state index contributed by atoms with van der Waals surface area (Å²) in [5, 5.41) is 14.9. The summed E-state index contributed by atoms with van der Waals surface area (Å²) < 4.78 is 0. The van der Waals surface area contributed by atoms with Crippen molar-refractivity contribution in [2.24, 2.45) is 0 Å². The van der Waals surface area contributed by atoms with Crippen LogP contribution in [0.3, 0.4) is 0 Å². The van der Waals surface area contributed by atoms with E-state index in [2.05, 4.69) is 5.32 Å². The SMILES string of the molecule is CNCCN(C)C(=O)c1ccc2ccccc2c1O. The van der Waals surface area contributed by atoms with Crippen molar-refractivity contribution in [2.45, 2.75) is 0 Å². The second kappa shape index (κ2) is 5.71. The van der Waals surface area contributed by atoms with E-state index in [4.69, 9.17) is 0 Å². The standard InChI is InChI=1S/C15H18N2O2/c1-16-9-10-17(2)15(19)13-8-7-11-5-3-4-6-12(11)14(13)18/h3-8,16,18H,9-10H2,1-2H3. The van der Waals surface area contributed by atoms with Gasteiger partial charge in [0.05, 0.1) is 5.56 Å². The van der Waals surface area contributed by atoms with E-state index >= 15 is 0 Å². The third kappa shape index (κ3) is 2.69. The van der Waals surface area contributed by atoms with Crippen molar-refractivity contribution < 1.29 is 9.90 Å². The van der Waals surface area contributed by atoms with Crippen LogP contribution in [0.1, 0.15) is 10.4 Å². The molecule has 0 aromatic heterocycles. The van der Waals surface area contributed by atoms with E-state index in [1.165, 1.54) is 0 Å². The first-order chi connectivity index (χ1) is 9.15. The molecule has 19 heavy (non-hydrogen) atoms. The quantitative estimate of drug-likeness (QED) is 0.879. The minimum atomic E-state index is -0.168. The second-order valence-corrected chi connectivity index (χ2v) is 4.51. The third-order valence-electron chi connectivity index (χ3n) is 3.17. The van der Waals surface area contributed by atoms with Gasteiger partial charge in [-0.1, -0.05) is 30.3 Å². The molecular formula is C15H18N2O2. The minimum Gasteiger partial charge on any atom is -0.506 e. The van der Waals surface area contributed by atoms with E-state index in [-0.39, 0.29) is 11.7 Å². The van der Waals surface area contributed by atoms with Gasteiger partial charge in [0.15, 0.2) is 0 Å². The number of carbonyl (C=O) groups excluding carboxylic acids is 1. The fourth-order valence-corrected chi connectivity index (χ4v) is 2.01. The van der Waals surface area contributed by atoms with Gasteiger partial charge in [-0.15, -0.1) is 0 Å². The Morgan fingerprint density at radius 1 is 1.26 bits per heavy atom. The molecule has 0 heterocycles. The summed E-state index contributed by atoms with van der Waals surface area (Å²) in [6.45, 7) is 1.32. The molecule has 0 aliphatic heterocycles. The number of hydrogen-bond acceptors (Lipinski definition) is 3. The number of nitrogens with one attached hydrogen (secondary N) is 1. The highest BCUT2D eigenvalue weighted by Gasteiger charge is 2.16. The van der Waals surface area contributed by atoms with Crippen LogP contribution in [0.25, 0.3) is 10.8 Å². The van der Waals surface area contributed by atoms with Gasteiger partial charge in [0.2, 0.25) is 0 Å². The summed E-state index contributed by atoms with van der Waals surface area (Å²) in [6, 6.07) is 11.0. The maximum atomic E-state index is 12.3. The number of benzene rings is 2. The molecule has 0 aliphatic rings. The number of hydrogen-bond donors (Lipinski definition) is 2. The zero-order valence-corrected chi connectivity index (χ0v) is 11.2. The molecule has 0 atom stereocenters. The number of nitrogens with zero attached hydrogens (tertiary/aromatic N) is 1. The van der Waals surface area contributed by atoms with E-state index < -0.39 is 0 Å². The smallest absolute Gasteiger partial charge is 0.257 e. The largest absolute Gasteiger partial charge is 0.506 e. The molecule has 0 spiro atoms. The highest BCUT2D eigenvalue weighted by Crippen LogP contribution is 2.29. The lowest BCUT2D eigenvalue weighted by atomic mass is 10.0. The summed E-state index contributed by atoms with van der Waals surface area (Å²) in [5.74, 6) is -0.113. The van der Waals surface area contributed by atoms with Crippen molar-refractivity contribution in [1.29, 1.82) is 0 Å².